The molecule has 2 aromatic rings. The van der Waals surface area contributed by atoms with Crippen LogP contribution in [0.4, 0.5) is 22.0 Å². The molecule has 1 saturated heterocycles. The first kappa shape index (κ1) is 27.3. The van der Waals surface area contributed by atoms with Crippen LogP contribution >= 0.6 is 0 Å². The van der Waals surface area contributed by atoms with E-state index in [9.17, 15) is 26.7 Å². The Morgan fingerprint density at radius 1 is 0.973 bits per heavy atom. The van der Waals surface area contributed by atoms with Crippen molar-refractivity contribution in [1.29, 1.82) is 0 Å². The Balaban J connectivity index is 1.34. The normalized spacial score (nSPS) is 24.2. The molecule has 5 nitrogen and oxygen atoms in total. The molecular formula is C27H29F5O5. The van der Waals surface area contributed by atoms with Crippen LogP contribution in [0.3, 0.4) is 0 Å². The van der Waals surface area contributed by atoms with E-state index >= 15 is 0 Å². The number of hydrogen-bond acceptors (Lipinski definition) is 5. The summed E-state index contributed by atoms with van der Waals surface area (Å²) in [6, 6.07) is 4.26. The maximum Gasteiger partial charge on any atom is 0.387 e. The Morgan fingerprint density at radius 2 is 1.62 bits per heavy atom. The molecule has 2 fully saturated rings. The first-order chi connectivity index (χ1) is 17.7. The van der Waals surface area contributed by atoms with Crippen molar-refractivity contribution in [2.75, 3.05) is 13.2 Å². The molecule has 0 bridgehead atoms. The fourth-order valence-electron chi connectivity index (χ4n) is 4.96. The molecule has 1 aliphatic heterocycles. The lowest BCUT2D eigenvalue weighted by molar-refractivity contribution is -0.230. The van der Waals surface area contributed by atoms with E-state index in [1.54, 1.807) is 0 Å². The molecule has 0 atom stereocenters. The van der Waals surface area contributed by atoms with Gasteiger partial charge in [-0.1, -0.05) is 19.4 Å². The van der Waals surface area contributed by atoms with Crippen molar-refractivity contribution >= 4 is 5.97 Å². The number of ether oxygens (including phenoxy) is 4. The van der Waals surface area contributed by atoms with Gasteiger partial charge in [-0.25, -0.2) is 13.2 Å². The Hall–Kier alpha value is -2.72. The maximum absolute atomic E-state index is 14.7. The third-order valence-corrected chi connectivity index (χ3v) is 6.85. The SMILES string of the molecule is CCCC1COC(C2CCC(C(=O)Oc3cc(F)c(-c4ccc(OC(F)F)c(F)c4)c(F)c3)CC2)OC1. The van der Waals surface area contributed by atoms with Crippen LogP contribution in [-0.4, -0.2) is 32.1 Å². The molecule has 10 heteroatoms. The summed E-state index contributed by atoms with van der Waals surface area (Å²) >= 11 is 0. The molecule has 2 aliphatic rings. The minimum absolute atomic E-state index is 0.179. The standard InChI is InChI=1S/C27H29F5O5/c1-2-3-15-13-34-26(35-14-15)17-6-4-16(5-7-17)25(33)36-19-11-21(29)24(22(30)12-19)18-8-9-23(20(28)10-18)37-27(31)32/h8-12,15-17,26-27H,2-7,13-14H2,1H3. The topological polar surface area (TPSA) is 54.0 Å². The van der Waals surface area contributed by atoms with Crippen LogP contribution in [0.1, 0.15) is 45.4 Å². The van der Waals surface area contributed by atoms with Crippen molar-refractivity contribution in [3.05, 3.63) is 47.8 Å². The van der Waals surface area contributed by atoms with E-state index in [1.165, 1.54) is 0 Å². The summed E-state index contributed by atoms with van der Waals surface area (Å²) in [6.45, 7) is 0.229. The second-order valence-corrected chi connectivity index (χ2v) is 9.51. The zero-order chi connectivity index (χ0) is 26.5. The van der Waals surface area contributed by atoms with Crippen molar-refractivity contribution in [3.8, 4) is 22.6 Å². The first-order valence-corrected chi connectivity index (χ1v) is 12.4. The van der Waals surface area contributed by atoms with Gasteiger partial charge in [0, 0.05) is 24.0 Å². The number of carbonyl (C=O) groups is 1. The van der Waals surface area contributed by atoms with E-state index in [0.717, 1.165) is 37.1 Å². The number of halogens is 5. The summed E-state index contributed by atoms with van der Waals surface area (Å²) in [5.74, 6) is -4.87. The summed E-state index contributed by atoms with van der Waals surface area (Å²) in [5, 5.41) is 0. The zero-order valence-corrected chi connectivity index (χ0v) is 20.4. The molecule has 0 amide bonds. The highest BCUT2D eigenvalue weighted by Crippen LogP contribution is 2.36. The highest BCUT2D eigenvalue weighted by atomic mass is 19.3. The van der Waals surface area contributed by atoms with Crippen LogP contribution in [0.5, 0.6) is 11.5 Å². The minimum Gasteiger partial charge on any atom is -0.432 e. The minimum atomic E-state index is -3.25. The summed E-state index contributed by atoms with van der Waals surface area (Å²) in [6.07, 6.45) is 4.37. The van der Waals surface area contributed by atoms with E-state index in [4.69, 9.17) is 14.2 Å². The average molecular weight is 529 g/mol. The van der Waals surface area contributed by atoms with E-state index in [-0.39, 0.29) is 23.5 Å². The molecule has 0 N–H and O–H groups in total. The zero-order valence-electron chi connectivity index (χ0n) is 20.4. The van der Waals surface area contributed by atoms with Crippen LogP contribution in [-0.2, 0) is 14.3 Å². The third kappa shape index (κ3) is 6.78. The molecule has 2 aromatic carbocycles. The summed E-state index contributed by atoms with van der Waals surface area (Å²) < 4.78 is 89.2. The second-order valence-electron chi connectivity index (χ2n) is 9.51. The van der Waals surface area contributed by atoms with Crippen LogP contribution in [0.25, 0.3) is 11.1 Å². The summed E-state index contributed by atoms with van der Waals surface area (Å²) in [4.78, 5) is 12.7. The molecule has 1 aliphatic carbocycles. The largest absolute Gasteiger partial charge is 0.432 e. The van der Waals surface area contributed by atoms with Gasteiger partial charge in [-0.3, -0.25) is 4.79 Å². The number of alkyl halides is 2. The Bertz CT molecular complexity index is 1060. The second kappa shape index (κ2) is 12.2. The Kier molecular flexibility index (Phi) is 9.02. The van der Waals surface area contributed by atoms with Crippen molar-refractivity contribution in [1.82, 2.24) is 0 Å². The van der Waals surface area contributed by atoms with Gasteiger partial charge in [-0.2, -0.15) is 8.78 Å². The lowest BCUT2D eigenvalue weighted by Crippen LogP contribution is -2.39. The maximum atomic E-state index is 14.7. The molecule has 202 valence electrons. The molecule has 37 heavy (non-hydrogen) atoms. The fourth-order valence-corrected chi connectivity index (χ4v) is 4.96. The van der Waals surface area contributed by atoms with Crippen LogP contribution in [0, 0.1) is 35.2 Å². The van der Waals surface area contributed by atoms with Crippen LogP contribution < -0.4 is 9.47 Å². The number of carbonyl (C=O) groups excluding carboxylic acids is 1. The Labute approximate surface area is 211 Å². The van der Waals surface area contributed by atoms with Gasteiger partial charge in [0.2, 0.25) is 0 Å². The number of hydrogen-bond donors (Lipinski definition) is 0. The number of esters is 1. The number of rotatable bonds is 8. The predicted octanol–water partition coefficient (Wildman–Crippen LogP) is 6.87. The van der Waals surface area contributed by atoms with Gasteiger partial charge in [0.05, 0.1) is 24.7 Å². The molecule has 0 unspecified atom stereocenters. The van der Waals surface area contributed by atoms with Gasteiger partial charge < -0.3 is 18.9 Å². The van der Waals surface area contributed by atoms with Gasteiger partial charge in [0.1, 0.15) is 17.4 Å². The third-order valence-electron chi connectivity index (χ3n) is 6.85. The summed E-state index contributed by atoms with van der Waals surface area (Å²) in [5.41, 5.74) is -0.810. The molecule has 0 spiro atoms. The predicted molar refractivity (Wildman–Crippen MR) is 124 cm³/mol. The van der Waals surface area contributed by atoms with Crippen molar-refractivity contribution < 1.29 is 45.7 Å². The van der Waals surface area contributed by atoms with Crippen LogP contribution in [0.2, 0.25) is 0 Å². The quantitative estimate of drug-likeness (QED) is 0.213. The molecule has 0 aromatic heterocycles. The lowest BCUT2D eigenvalue weighted by atomic mass is 9.81. The van der Waals surface area contributed by atoms with Crippen molar-refractivity contribution in [2.24, 2.45) is 17.8 Å². The molecular weight excluding hydrogens is 499 g/mol. The molecule has 0 radical (unpaired) electrons. The first-order valence-electron chi connectivity index (χ1n) is 12.4. The van der Waals surface area contributed by atoms with Gasteiger partial charge >= 0.3 is 12.6 Å². The van der Waals surface area contributed by atoms with Crippen LogP contribution in [0.15, 0.2) is 30.3 Å². The monoisotopic (exact) mass is 528 g/mol. The van der Waals surface area contributed by atoms with E-state index in [0.29, 0.717) is 50.9 Å². The lowest BCUT2D eigenvalue weighted by Gasteiger charge is -2.37. The van der Waals surface area contributed by atoms with Gasteiger partial charge in [0.25, 0.3) is 0 Å². The smallest absolute Gasteiger partial charge is 0.387 e. The van der Waals surface area contributed by atoms with Gasteiger partial charge in [-0.15, -0.1) is 0 Å². The molecule has 4 rings (SSSR count). The van der Waals surface area contributed by atoms with E-state index in [1.807, 2.05) is 0 Å². The van der Waals surface area contributed by atoms with E-state index in [2.05, 4.69) is 11.7 Å². The fraction of sp³-hybridized carbons (Fsp3) is 0.519. The number of benzene rings is 2. The molecule has 1 heterocycles. The highest BCUT2D eigenvalue weighted by Gasteiger charge is 2.35. The van der Waals surface area contributed by atoms with E-state index < -0.39 is 47.3 Å². The van der Waals surface area contributed by atoms with Crippen molar-refractivity contribution in [2.45, 2.75) is 58.4 Å². The average Bonchev–Trinajstić information content (AvgIpc) is 2.86. The highest BCUT2D eigenvalue weighted by molar-refractivity contribution is 5.76. The molecule has 1 saturated carbocycles. The van der Waals surface area contributed by atoms with Gasteiger partial charge in [0.15, 0.2) is 17.9 Å². The van der Waals surface area contributed by atoms with Crippen molar-refractivity contribution in [3.63, 3.8) is 0 Å². The Morgan fingerprint density at radius 3 is 2.19 bits per heavy atom. The van der Waals surface area contributed by atoms with Gasteiger partial charge in [-0.05, 0) is 49.8 Å². The summed E-state index contributed by atoms with van der Waals surface area (Å²) in [7, 11) is 0.